The first-order chi connectivity index (χ1) is 9.47. The molecule has 2 aromatic carbocycles. The van der Waals surface area contributed by atoms with Gasteiger partial charge in [-0.05, 0) is 36.4 Å². The summed E-state index contributed by atoms with van der Waals surface area (Å²) in [6.45, 7) is -0.0347. The second-order valence-electron chi connectivity index (χ2n) is 4.08. The van der Waals surface area contributed by atoms with Gasteiger partial charge in [0.2, 0.25) is 0 Å². The molecular weight excluding hydrogens is 302 g/mol. The average Bonchev–Trinajstić information content (AvgIpc) is 2.39. The van der Waals surface area contributed by atoms with Gasteiger partial charge < -0.3 is 10.5 Å². The van der Waals surface area contributed by atoms with Crippen molar-refractivity contribution in [2.45, 2.75) is 6.61 Å². The second kappa shape index (κ2) is 6.11. The highest BCUT2D eigenvalue weighted by molar-refractivity contribution is 6.31. The molecule has 20 heavy (non-hydrogen) atoms. The molecule has 0 unspecified atom stereocenters. The Morgan fingerprint density at radius 2 is 1.80 bits per heavy atom. The number of nitrogens with two attached hydrogens (primary N) is 1. The first-order valence-electron chi connectivity index (χ1n) is 5.68. The van der Waals surface area contributed by atoms with Crippen molar-refractivity contribution in [3.8, 4) is 5.75 Å². The van der Waals surface area contributed by atoms with E-state index in [4.69, 9.17) is 39.1 Å². The lowest BCUT2D eigenvalue weighted by atomic mass is 10.2. The van der Waals surface area contributed by atoms with Crippen LogP contribution in [0.3, 0.4) is 0 Å². The van der Waals surface area contributed by atoms with Crippen LogP contribution in [0.2, 0.25) is 10.0 Å². The van der Waals surface area contributed by atoms with Crippen LogP contribution < -0.4 is 10.5 Å². The van der Waals surface area contributed by atoms with E-state index in [2.05, 4.69) is 0 Å². The fourth-order valence-corrected chi connectivity index (χ4v) is 2.00. The summed E-state index contributed by atoms with van der Waals surface area (Å²) in [4.78, 5) is 0. The number of hydrogen-bond donors (Lipinski definition) is 2. The van der Waals surface area contributed by atoms with Crippen LogP contribution in [0.15, 0.2) is 36.4 Å². The summed E-state index contributed by atoms with van der Waals surface area (Å²) < 4.78 is 19.1. The largest absolute Gasteiger partial charge is 0.488 e. The molecule has 0 bridgehead atoms. The molecule has 3 nitrogen and oxygen atoms in total. The molecule has 0 saturated heterocycles. The minimum Gasteiger partial charge on any atom is -0.488 e. The number of halogens is 3. The van der Waals surface area contributed by atoms with Crippen molar-refractivity contribution >= 4 is 29.0 Å². The zero-order valence-electron chi connectivity index (χ0n) is 10.3. The topological polar surface area (TPSA) is 59.1 Å². The van der Waals surface area contributed by atoms with Crippen LogP contribution in [0.1, 0.15) is 11.1 Å². The van der Waals surface area contributed by atoms with Crippen LogP contribution >= 0.6 is 23.2 Å². The quantitative estimate of drug-likeness (QED) is 0.662. The number of hydrogen-bond acceptors (Lipinski definition) is 2. The smallest absolute Gasteiger partial charge is 0.132 e. The standard InChI is InChI=1S/C14H11Cl2FN2O/c15-9-2-4-12(17)8(5-9)7-20-13-6-10(16)1-3-11(13)14(18)19/h1-6H,7H2,(H3,18,19). The van der Waals surface area contributed by atoms with Crippen molar-refractivity contribution in [1.82, 2.24) is 0 Å². The fraction of sp³-hybridized carbons (Fsp3) is 0.0714. The van der Waals surface area contributed by atoms with Gasteiger partial charge in [0.25, 0.3) is 0 Å². The molecular formula is C14H11Cl2FN2O. The van der Waals surface area contributed by atoms with Gasteiger partial charge in [0.15, 0.2) is 0 Å². The first-order valence-corrected chi connectivity index (χ1v) is 6.43. The molecule has 2 aromatic rings. The van der Waals surface area contributed by atoms with Gasteiger partial charge in [-0.25, -0.2) is 4.39 Å². The van der Waals surface area contributed by atoms with E-state index in [0.29, 0.717) is 26.9 Å². The molecule has 6 heteroatoms. The molecule has 0 fully saturated rings. The van der Waals surface area contributed by atoms with Gasteiger partial charge in [-0.15, -0.1) is 0 Å². The Morgan fingerprint density at radius 1 is 1.15 bits per heavy atom. The summed E-state index contributed by atoms with van der Waals surface area (Å²) in [6, 6.07) is 8.92. The van der Waals surface area contributed by atoms with E-state index >= 15 is 0 Å². The molecule has 0 aromatic heterocycles. The number of ether oxygens (including phenoxy) is 1. The zero-order valence-corrected chi connectivity index (χ0v) is 11.8. The SMILES string of the molecule is N=C(N)c1ccc(Cl)cc1OCc1cc(Cl)ccc1F. The van der Waals surface area contributed by atoms with Gasteiger partial charge in [-0.1, -0.05) is 23.2 Å². The van der Waals surface area contributed by atoms with Crippen LogP contribution in [0.25, 0.3) is 0 Å². The molecule has 0 heterocycles. The molecule has 0 spiro atoms. The van der Waals surface area contributed by atoms with Crippen LogP contribution in [-0.2, 0) is 6.61 Å². The maximum absolute atomic E-state index is 13.6. The molecule has 0 saturated carbocycles. The van der Waals surface area contributed by atoms with E-state index in [1.165, 1.54) is 24.3 Å². The highest BCUT2D eigenvalue weighted by atomic mass is 35.5. The van der Waals surface area contributed by atoms with Gasteiger partial charge in [-0.3, -0.25) is 5.41 Å². The summed E-state index contributed by atoms with van der Waals surface area (Å²) in [5.74, 6) is -0.242. The van der Waals surface area contributed by atoms with Crippen molar-refractivity contribution in [3.63, 3.8) is 0 Å². The van der Waals surface area contributed by atoms with Gasteiger partial charge >= 0.3 is 0 Å². The van der Waals surface area contributed by atoms with E-state index < -0.39 is 5.82 Å². The Labute approximate surface area is 125 Å². The Balaban J connectivity index is 2.24. The van der Waals surface area contributed by atoms with Crippen molar-refractivity contribution in [2.75, 3.05) is 0 Å². The minimum atomic E-state index is -0.416. The number of nitrogen functional groups attached to an aromatic ring is 1. The molecule has 3 N–H and O–H groups in total. The molecule has 0 radical (unpaired) electrons. The molecule has 104 valence electrons. The van der Waals surface area contributed by atoms with Gasteiger partial charge in [0.05, 0.1) is 5.56 Å². The van der Waals surface area contributed by atoms with Crippen LogP contribution in [-0.4, -0.2) is 5.84 Å². The third-order valence-corrected chi connectivity index (χ3v) is 3.09. The Hall–Kier alpha value is -1.78. The lowest BCUT2D eigenvalue weighted by Gasteiger charge is -2.11. The molecule has 0 amide bonds. The fourth-order valence-electron chi connectivity index (χ4n) is 1.65. The molecule has 0 atom stereocenters. The number of rotatable bonds is 4. The van der Waals surface area contributed by atoms with E-state index in [0.717, 1.165) is 0 Å². The van der Waals surface area contributed by atoms with E-state index in [9.17, 15) is 4.39 Å². The van der Waals surface area contributed by atoms with E-state index in [1.807, 2.05) is 0 Å². The predicted octanol–water partition coefficient (Wildman–Crippen LogP) is 4.00. The van der Waals surface area contributed by atoms with Crippen molar-refractivity contribution in [3.05, 3.63) is 63.4 Å². The molecule has 0 aliphatic rings. The maximum atomic E-state index is 13.6. The third-order valence-electron chi connectivity index (χ3n) is 2.62. The van der Waals surface area contributed by atoms with Gasteiger partial charge in [0, 0.05) is 15.6 Å². The maximum Gasteiger partial charge on any atom is 0.132 e. The van der Waals surface area contributed by atoms with Crippen LogP contribution in [0.5, 0.6) is 5.75 Å². The lowest BCUT2D eigenvalue weighted by molar-refractivity contribution is 0.299. The number of benzene rings is 2. The molecule has 2 rings (SSSR count). The summed E-state index contributed by atoms with van der Waals surface area (Å²) in [7, 11) is 0. The summed E-state index contributed by atoms with van der Waals surface area (Å²) in [5, 5.41) is 8.33. The van der Waals surface area contributed by atoms with E-state index in [1.54, 1.807) is 12.1 Å². The van der Waals surface area contributed by atoms with Gasteiger partial charge in [-0.2, -0.15) is 0 Å². The van der Waals surface area contributed by atoms with Gasteiger partial charge in [0.1, 0.15) is 24.0 Å². The Kier molecular flexibility index (Phi) is 4.47. The number of amidine groups is 1. The third kappa shape index (κ3) is 3.40. The molecule has 0 aliphatic carbocycles. The van der Waals surface area contributed by atoms with Crippen LogP contribution in [0.4, 0.5) is 4.39 Å². The predicted molar refractivity (Wildman–Crippen MR) is 78.2 cm³/mol. The van der Waals surface area contributed by atoms with Crippen molar-refractivity contribution in [1.29, 1.82) is 5.41 Å². The van der Waals surface area contributed by atoms with E-state index in [-0.39, 0.29) is 12.4 Å². The second-order valence-corrected chi connectivity index (χ2v) is 4.95. The van der Waals surface area contributed by atoms with Crippen LogP contribution in [0, 0.1) is 11.2 Å². The summed E-state index contributed by atoms with van der Waals surface area (Å²) in [5.41, 5.74) is 6.16. The van der Waals surface area contributed by atoms with Crippen molar-refractivity contribution in [2.24, 2.45) is 5.73 Å². The zero-order chi connectivity index (χ0) is 14.7. The Morgan fingerprint density at radius 3 is 2.50 bits per heavy atom. The lowest BCUT2D eigenvalue weighted by Crippen LogP contribution is -2.13. The monoisotopic (exact) mass is 312 g/mol. The highest BCUT2D eigenvalue weighted by Gasteiger charge is 2.10. The molecule has 0 aliphatic heterocycles. The van der Waals surface area contributed by atoms with Crippen molar-refractivity contribution < 1.29 is 9.13 Å². The number of nitrogens with one attached hydrogen (secondary N) is 1. The minimum absolute atomic E-state index is 0.0347. The summed E-state index contributed by atoms with van der Waals surface area (Å²) in [6.07, 6.45) is 0. The highest BCUT2D eigenvalue weighted by Crippen LogP contribution is 2.25. The Bertz CT molecular complexity index is 662. The summed E-state index contributed by atoms with van der Waals surface area (Å²) >= 11 is 11.7. The first kappa shape index (κ1) is 14.6. The average molecular weight is 313 g/mol. The normalized spacial score (nSPS) is 10.3.